The molecule has 0 bridgehead atoms. The number of anilines is 1. The number of fused-ring (bicyclic) bond motifs is 1. The number of hydrogen-bond acceptors (Lipinski definition) is 3. The highest BCUT2D eigenvalue weighted by molar-refractivity contribution is 5.91. The van der Waals surface area contributed by atoms with Crippen LogP contribution in [0.5, 0.6) is 0 Å². The third-order valence-corrected chi connectivity index (χ3v) is 5.58. The van der Waals surface area contributed by atoms with Crippen LogP contribution in [0, 0.1) is 6.92 Å². The SMILES string of the molecule is Cc1ccc(-c2nc(N(C)C3CC[NH+](C)CC3)c3ccccc3n2)cc1. The summed E-state index contributed by atoms with van der Waals surface area (Å²) in [6.45, 7) is 4.55. The molecule has 1 aliphatic heterocycles. The molecular formula is C22H27N4+. The molecule has 0 aliphatic carbocycles. The second kappa shape index (κ2) is 7.04. The average Bonchev–Trinajstić information content (AvgIpc) is 2.68. The van der Waals surface area contributed by atoms with Crippen molar-refractivity contribution in [2.45, 2.75) is 25.8 Å². The number of aryl methyl sites for hydroxylation is 1. The Bertz CT molecular complexity index is 896. The summed E-state index contributed by atoms with van der Waals surface area (Å²) < 4.78 is 0. The molecule has 134 valence electrons. The molecule has 4 heteroatoms. The summed E-state index contributed by atoms with van der Waals surface area (Å²) >= 11 is 0. The van der Waals surface area contributed by atoms with Gasteiger partial charge in [0.1, 0.15) is 5.82 Å². The van der Waals surface area contributed by atoms with Crippen molar-refractivity contribution < 1.29 is 4.90 Å². The standard InChI is InChI=1S/C22H26N4/c1-16-8-10-17(11-9-16)21-23-20-7-5-4-6-19(20)22(24-21)26(3)18-12-14-25(2)15-13-18/h4-11,18H,12-15H2,1-3H3/p+1. The molecule has 1 N–H and O–H groups in total. The van der Waals surface area contributed by atoms with E-state index >= 15 is 0 Å². The largest absolute Gasteiger partial charge is 0.356 e. The molecule has 2 aromatic carbocycles. The summed E-state index contributed by atoms with van der Waals surface area (Å²) in [4.78, 5) is 13.8. The van der Waals surface area contributed by atoms with Crippen LogP contribution in [0.3, 0.4) is 0 Å². The molecule has 0 spiro atoms. The van der Waals surface area contributed by atoms with Crippen LogP contribution in [0.4, 0.5) is 5.82 Å². The maximum absolute atomic E-state index is 5.00. The summed E-state index contributed by atoms with van der Waals surface area (Å²) in [6.07, 6.45) is 2.42. The number of piperidine rings is 1. The van der Waals surface area contributed by atoms with Gasteiger partial charge in [-0.15, -0.1) is 0 Å². The van der Waals surface area contributed by atoms with Crippen LogP contribution >= 0.6 is 0 Å². The highest BCUT2D eigenvalue weighted by Gasteiger charge is 2.25. The highest BCUT2D eigenvalue weighted by Crippen LogP contribution is 2.29. The first-order chi connectivity index (χ1) is 12.6. The Morgan fingerprint density at radius 3 is 2.38 bits per heavy atom. The Hall–Kier alpha value is -2.46. The van der Waals surface area contributed by atoms with E-state index in [1.807, 2.05) is 0 Å². The molecular weight excluding hydrogens is 320 g/mol. The summed E-state index contributed by atoms with van der Waals surface area (Å²) in [7, 11) is 4.48. The number of quaternary nitrogens is 1. The van der Waals surface area contributed by atoms with Gasteiger partial charge in [0.15, 0.2) is 5.82 Å². The molecule has 0 saturated carbocycles. The van der Waals surface area contributed by atoms with E-state index in [-0.39, 0.29) is 0 Å². The quantitative estimate of drug-likeness (QED) is 0.791. The maximum Gasteiger partial charge on any atom is 0.162 e. The van der Waals surface area contributed by atoms with Gasteiger partial charge in [0.25, 0.3) is 0 Å². The van der Waals surface area contributed by atoms with Crippen molar-refractivity contribution in [1.82, 2.24) is 9.97 Å². The van der Waals surface area contributed by atoms with Gasteiger partial charge in [-0.3, -0.25) is 0 Å². The van der Waals surface area contributed by atoms with Gasteiger partial charge >= 0.3 is 0 Å². The first kappa shape index (κ1) is 17.0. The van der Waals surface area contributed by atoms with Crippen LogP contribution in [0.25, 0.3) is 22.3 Å². The summed E-state index contributed by atoms with van der Waals surface area (Å²) in [6, 6.07) is 17.4. The molecule has 0 unspecified atom stereocenters. The van der Waals surface area contributed by atoms with Gasteiger partial charge in [-0.25, -0.2) is 9.97 Å². The zero-order valence-electron chi connectivity index (χ0n) is 15.9. The number of rotatable bonds is 3. The third kappa shape index (κ3) is 3.29. The van der Waals surface area contributed by atoms with E-state index in [2.05, 4.69) is 74.4 Å². The monoisotopic (exact) mass is 347 g/mol. The summed E-state index contributed by atoms with van der Waals surface area (Å²) in [5, 5.41) is 1.14. The van der Waals surface area contributed by atoms with E-state index in [1.165, 1.54) is 31.5 Å². The van der Waals surface area contributed by atoms with Gasteiger partial charge in [0, 0.05) is 36.9 Å². The van der Waals surface area contributed by atoms with Crippen LogP contribution in [-0.2, 0) is 0 Å². The zero-order chi connectivity index (χ0) is 18.1. The number of hydrogen-bond donors (Lipinski definition) is 1. The van der Waals surface area contributed by atoms with E-state index in [0.29, 0.717) is 6.04 Å². The lowest BCUT2D eigenvalue weighted by Crippen LogP contribution is -3.10. The van der Waals surface area contributed by atoms with E-state index in [0.717, 1.165) is 28.1 Å². The molecule has 0 radical (unpaired) electrons. The predicted octanol–water partition coefficient (Wildman–Crippen LogP) is 2.72. The van der Waals surface area contributed by atoms with Crippen LogP contribution in [0.1, 0.15) is 18.4 Å². The molecule has 1 saturated heterocycles. The first-order valence-electron chi connectivity index (χ1n) is 9.50. The molecule has 1 aromatic heterocycles. The summed E-state index contributed by atoms with van der Waals surface area (Å²) in [5.74, 6) is 1.86. The predicted molar refractivity (Wildman–Crippen MR) is 108 cm³/mol. The van der Waals surface area contributed by atoms with Crippen molar-refractivity contribution in [2.24, 2.45) is 0 Å². The molecule has 1 fully saturated rings. The fourth-order valence-electron chi connectivity index (χ4n) is 3.82. The minimum Gasteiger partial charge on any atom is -0.356 e. The Labute approximate surface area is 155 Å². The van der Waals surface area contributed by atoms with Crippen LogP contribution < -0.4 is 9.80 Å². The van der Waals surface area contributed by atoms with Crippen molar-refractivity contribution in [1.29, 1.82) is 0 Å². The zero-order valence-corrected chi connectivity index (χ0v) is 15.9. The number of para-hydroxylation sites is 1. The van der Waals surface area contributed by atoms with Gasteiger partial charge in [0.2, 0.25) is 0 Å². The Morgan fingerprint density at radius 2 is 1.65 bits per heavy atom. The van der Waals surface area contributed by atoms with Crippen molar-refractivity contribution in [3.63, 3.8) is 0 Å². The van der Waals surface area contributed by atoms with Gasteiger partial charge in [-0.1, -0.05) is 42.0 Å². The normalized spacial score (nSPS) is 20.3. The average molecular weight is 347 g/mol. The van der Waals surface area contributed by atoms with Crippen LogP contribution in [0.2, 0.25) is 0 Å². The smallest absolute Gasteiger partial charge is 0.162 e. The maximum atomic E-state index is 5.00. The lowest BCUT2D eigenvalue weighted by molar-refractivity contribution is -0.884. The minimum atomic E-state index is 0.544. The Morgan fingerprint density at radius 1 is 0.962 bits per heavy atom. The third-order valence-electron chi connectivity index (χ3n) is 5.58. The van der Waals surface area contributed by atoms with Gasteiger partial charge < -0.3 is 9.80 Å². The highest BCUT2D eigenvalue weighted by atomic mass is 15.2. The van der Waals surface area contributed by atoms with Crippen molar-refractivity contribution in [3.8, 4) is 11.4 Å². The van der Waals surface area contributed by atoms with E-state index in [4.69, 9.17) is 9.97 Å². The fourth-order valence-corrected chi connectivity index (χ4v) is 3.82. The number of likely N-dealkylation sites (tertiary alicyclic amines) is 1. The molecule has 4 nitrogen and oxygen atoms in total. The van der Waals surface area contributed by atoms with Crippen LogP contribution in [0.15, 0.2) is 48.5 Å². The molecule has 0 amide bonds. The minimum absolute atomic E-state index is 0.544. The number of benzene rings is 2. The number of nitrogens with one attached hydrogen (secondary N) is 1. The van der Waals surface area contributed by atoms with E-state index in [1.54, 1.807) is 4.90 Å². The Kier molecular flexibility index (Phi) is 4.60. The van der Waals surface area contributed by atoms with E-state index < -0.39 is 0 Å². The molecule has 26 heavy (non-hydrogen) atoms. The summed E-state index contributed by atoms with van der Waals surface area (Å²) in [5.41, 5.74) is 3.34. The van der Waals surface area contributed by atoms with Crippen molar-refractivity contribution >= 4 is 16.7 Å². The van der Waals surface area contributed by atoms with Crippen LogP contribution in [-0.4, -0.2) is 43.2 Å². The number of aromatic nitrogens is 2. The van der Waals surface area contributed by atoms with Gasteiger partial charge in [0.05, 0.1) is 25.7 Å². The molecule has 3 aromatic rings. The second-order valence-electron chi connectivity index (χ2n) is 7.55. The molecule has 2 heterocycles. The van der Waals surface area contributed by atoms with Crippen molar-refractivity contribution in [3.05, 3.63) is 54.1 Å². The number of nitrogens with zero attached hydrogens (tertiary/aromatic N) is 3. The van der Waals surface area contributed by atoms with Crippen molar-refractivity contribution in [2.75, 3.05) is 32.1 Å². The topological polar surface area (TPSA) is 33.5 Å². The lowest BCUT2D eigenvalue weighted by atomic mass is 10.0. The second-order valence-corrected chi connectivity index (χ2v) is 7.55. The van der Waals surface area contributed by atoms with Gasteiger partial charge in [-0.05, 0) is 19.1 Å². The molecule has 4 rings (SSSR count). The first-order valence-corrected chi connectivity index (χ1v) is 9.50. The molecule has 1 aliphatic rings. The fraction of sp³-hybridized carbons (Fsp3) is 0.364. The lowest BCUT2D eigenvalue weighted by Gasteiger charge is -2.34. The van der Waals surface area contributed by atoms with E-state index in [9.17, 15) is 0 Å². The Balaban J connectivity index is 1.78. The van der Waals surface area contributed by atoms with Gasteiger partial charge in [-0.2, -0.15) is 0 Å². The molecule has 0 atom stereocenters.